The largest absolute Gasteiger partial charge is 0.469 e. The zero-order valence-corrected chi connectivity index (χ0v) is 12.7. The smallest absolute Gasteiger partial charge is 0.363 e. The lowest BCUT2D eigenvalue weighted by atomic mass is 10.2. The Labute approximate surface area is 130 Å². The van der Waals surface area contributed by atoms with Crippen LogP contribution >= 0.6 is 15.9 Å². The topological polar surface area (TPSA) is 51.8 Å². The standard InChI is InChI=1S/C16H12BrNO3/c17-12-5-3-11(4-6-12)10-14-16(19)21-15(18-14)8-7-13-2-1-9-20-13/h1-6,9-10H,7-8H2/b14-10+. The lowest BCUT2D eigenvalue weighted by molar-refractivity contribution is -0.130. The van der Waals surface area contributed by atoms with Crippen LogP contribution in [0.4, 0.5) is 0 Å². The highest BCUT2D eigenvalue weighted by Crippen LogP contribution is 2.19. The van der Waals surface area contributed by atoms with Gasteiger partial charge in [0.15, 0.2) is 11.6 Å². The van der Waals surface area contributed by atoms with Gasteiger partial charge in [-0.25, -0.2) is 9.79 Å². The number of rotatable bonds is 4. The maximum absolute atomic E-state index is 11.8. The molecule has 0 N–H and O–H groups in total. The van der Waals surface area contributed by atoms with Gasteiger partial charge >= 0.3 is 5.97 Å². The molecule has 0 fully saturated rings. The van der Waals surface area contributed by atoms with Gasteiger partial charge in [-0.15, -0.1) is 0 Å². The molecule has 0 unspecified atom stereocenters. The molecule has 0 amide bonds. The molecule has 0 bridgehead atoms. The molecule has 106 valence electrons. The van der Waals surface area contributed by atoms with Crippen molar-refractivity contribution in [1.29, 1.82) is 0 Å². The summed E-state index contributed by atoms with van der Waals surface area (Å²) in [5.41, 5.74) is 1.23. The molecule has 2 aromatic rings. The molecule has 0 saturated heterocycles. The number of aliphatic imine (C=N–C) groups is 1. The molecular formula is C16H12BrNO3. The van der Waals surface area contributed by atoms with Crippen LogP contribution in [0.5, 0.6) is 0 Å². The Morgan fingerprint density at radius 2 is 1.95 bits per heavy atom. The number of carbonyl (C=O) groups is 1. The van der Waals surface area contributed by atoms with E-state index < -0.39 is 5.97 Å². The Hall–Kier alpha value is -2.14. The fraction of sp³-hybridized carbons (Fsp3) is 0.125. The number of benzene rings is 1. The Morgan fingerprint density at radius 3 is 2.67 bits per heavy atom. The summed E-state index contributed by atoms with van der Waals surface area (Å²) in [6.07, 6.45) is 4.53. The molecule has 1 aliphatic heterocycles. The number of ether oxygens (including phenoxy) is 1. The molecule has 1 aromatic heterocycles. The molecule has 0 spiro atoms. The van der Waals surface area contributed by atoms with Crippen LogP contribution in [-0.2, 0) is 16.0 Å². The molecule has 3 rings (SSSR count). The minimum absolute atomic E-state index is 0.326. The SMILES string of the molecule is O=C1OC(CCc2ccco2)=N/C1=C/c1ccc(Br)cc1. The van der Waals surface area contributed by atoms with Crippen molar-refractivity contribution in [1.82, 2.24) is 0 Å². The second kappa shape index (κ2) is 6.10. The first-order valence-corrected chi connectivity index (χ1v) is 7.29. The van der Waals surface area contributed by atoms with E-state index in [4.69, 9.17) is 9.15 Å². The Bertz CT molecular complexity index is 700. The van der Waals surface area contributed by atoms with Gasteiger partial charge in [-0.2, -0.15) is 0 Å². The minimum atomic E-state index is -0.410. The third-order valence-corrected chi connectivity index (χ3v) is 3.53. The highest BCUT2D eigenvalue weighted by atomic mass is 79.9. The van der Waals surface area contributed by atoms with E-state index in [2.05, 4.69) is 20.9 Å². The number of aryl methyl sites for hydroxylation is 1. The molecule has 5 heteroatoms. The second-order valence-corrected chi connectivity index (χ2v) is 5.47. The van der Waals surface area contributed by atoms with Crippen molar-refractivity contribution in [2.24, 2.45) is 4.99 Å². The number of furan rings is 1. The van der Waals surface area contributed by atoms with E-state index >= 15 is 0 Å². The lowest BCUT2D eigenvalue weighted by Gasteiger charge is -1.96. The van der Waals surface area contributed by atoms with Gasteiger partial charge in [0, 0.05) is 17.3 Å². The van der Waals surface area contributed by atoms with Crippen LogP contribution in [-0.4, -0.2) is 11.9 Å². The molecule has 0 saturated carbocycles. The van der Waals surface area contributed by atoms with Crippen molar-refractivity contribution in [2.75, 3.05) is 0 Å². The molecule has 0 atom stereocenters. The predicted octanol–water partition coefficient (Wildman–Crippen LogP) is 3.97. The fourth-order valence-electron chi connectivity index (χ4n) is 1.96. The molecule has 4 nitrogen and oxygen atoms in total. The van der Waals surface area contributed by atoms with E-state index in [9.17, 15) is 4.79 Å². The van der Waals surface area contributed by atoms with Crippen LogP contribution in [0.15, 0.2) is 62.2 Å². The summed E-state index contributed by atoms with van der Waals surface area (Å²) in [7, 11) is 0. The van der Waals surface area contributed by atoms with Crippen molar-refractivity contribution >= 4 is 33.9 Å². The average molecular weight is 346 g/mol. The van der Waals surface area contributed by atoms with Gasteiger partial charge in [-0.1, -0.05) is 28.1 Å². The number of carbonyl (C=O) groups excluding carboxylic acids is 1. The van der Waals surface area contributed by atoms with Crippen molar-refractivity contribution in [3.63, 3.8) is 0 Å². The van der Waals surface area contributed by atoms with Gasteiger partial charge in [0.1, 0.15) is 5.76 Å². The fourth-order valence-corrected chi connectivity index (χ4v) is 2.23. The highest BCUT2D eigenvalue weighted by molar-refractivity contribution is 9.10. The van der Waals surface area contributed by atoms with E-state index in [1.54, 1.807) is 12.3 Å². The van der Waals surface area contributed by atoms with Crippen molar-refractivity contribution in [3.8, 4) is 0 Å². The van der Waals surface area contributed by atoms with Gasteiger partial charge in [0.05, 0.1) is 6.26 Å². The maximum atomic E-state index is 11.8. The Kier molecular flexibility index (Phi) is 4.01. The summed E-state index contributed by atoms with van der Waals surface area (Å²) in [5, 5.41) is 0. The van der Waals surface area contributed by atoms with Crippen LogP contribution in [0, 0.1) is 0 Å². The zero-order chi connectivity index (χ0) is 14.7. The van der Waals surface area contributed by atoms with E-state index in [0.29, 0.717) is 24.4 Å². The van der Waals surface area contributed by atoms with Gasteiger partial charge in [0.2, 0.25) is 0 Å². The monoisotopic (exact) mass is 345 g/mol. The van der Waals surface area contributed by atoms with Crippen LogP contribution in [0.1, 0.15) is 17.7 Å². The maximum Gasteiger partial charge on any atom is 0.363 e. The molecule has 0 aliphatic carbocycles. The normalized spacial score (nSPS) is 16.1. The quantitative estimate of drug-likeness (QED) is 0.622. The second-order valence-electron chi connectivity index (χ2n) is 4.56. The van der Waals surface area contributed by atoms with Gasteiger partial charge < -0.3 is 9.15 Å². The van der Waals surface area contributed by atoms with Crippen molar-refractivity contribution < 1.29 is 13.9 Å². The van der Waals surface area contributed by atoms with Crippen molar-refractivity contribution in [3.05, 3.63) is 64.2 Å². The van der Waals surface area contributed by atoms with Crippen molar-refractivity contribution in [2.45, 2.75) is 12.8 Å². The highest BCUT2D eigenvalue weighted by Gasteiger charge is 2.22. The van der Waals surface area contributed by atoms with E-state index in [1.165, 1.54) is 0 Å². The van der Waals surface area contributed by atoms with E-state index in [1.807, 2.05) is 36.4 Å². The third kappa shape index (κ3) is 3.49. The predicted molar refractivity (Wildman–Crippen MR) is 82.7 cm³/mol. The molecule has 0 radical (unpaired) electrons. The third-order valence-electron chi connectivity index (χ3n) is 3.00. The summed E-state index contributed by atoms with van der Waals surface area (Å²) in [6.45, 7) is 0. The number of halogens is 1. The molecule has 2 heterocycles. The van der Waals surface area contributed by atoms with Crippen LogP contribution < -0.4 is 0 Å². The first-order valence-electron chi connectivity index (χ1n) is 6.50. The van der Waals surface area contributed by atoms with Crippen LogP contribution in [0.3, 0.4) is 0 Å². The summed E-state index contributed by atoms with van der Waals surface area (Å²) in [4.78, 5) is 16.0. The number of nitrogens with zero attached hydrogens (tertiary/aromatic N) is 1. The molecule has 1 aromatic carbocycles. The van der Waals surface area contributed by atoms with E-state index in [0.717, 1.165) is 15.8 Å². The number of hydrogen-bond acceptors (Lipinski definition) is 4. The summed E-state index contributed by atoms with van der Waals surface area (Å²) >= 11 is 3.37. The first kappa shape index (κ1) is 13.8. The minimum Gasteiger partial charge on any atom is -0.469 e. The van der Waals surface area contributed by atoms with Gasteiger partial charge in [-0.3, -0.25) is 0 Å². The summed E-state index contributed by atoms with van der Waals surface area (Å²) in [5.74, 6) is 0.867. The zero-order valence-electron chi connectivity index (χ0n) is 11.1. The molecular weight excluding hydrogens is 334 g/mol. The first-order chi connectivity index (χ1) is 10.2. The Balaban J connectivity index is 1.71. The lowest BCUT2D eigenvalue weighted by Crippen LogP contribution is -2.04. The number of hydrogen-bond donors (Lipinski definition) is 0. The van der Waals surface area contributed by atoms with Gasteiger partial charge in [-0.05, 0) is 35.9 Å². The van der Waals surface area contributed by atoms with E-state index in [-0.39, 0.29) is 0 Å². The Morgan fingerprint density at radius 1 is 1.14 bits per heavy atom. The summed E-state index contributed by atoms with van der Waals surface area (Å²) in [6, 6.07) is 11.3. The molecule has 1 aliphatic rings. The average Bonchev–Trinajstić information content (AvgIpc) is 3.10. The van der Waals surface area contributed by atoms with Gasteiger partial charge in [0.25, 0.3) is 0 Å². The van der Waals surface area contributed by atoms with Crippen LogP contribution in [0.25, 0.3) is 6.08 Å². The number of cyclic esters (lactones) is 1. The van der Waals surface area contributed by atoms with Crippen LogP contribution in [0.2, 0.25) is 0 Å². The summed E-state index contributed by atoms with van der Waals surface area (Å²) < 4.78 is 11.4. The number of esters is 1. The molecule has 21 heavy (non-hydrogen) atoms.